The second kappa shape index (κ2) is 10.1. The van der Waals surface area contributed by atoms with Crippen LogP contribution >= 0.6 is 0 Å². The van der Waals surface area contributed by atoms with Crippen molar-refractivity contribution >= 4 is 28.0 Å². The zero-order valence-electron chi connectivity index (χ0n) is 21.7. The van der Waals surface area contributed by atoms with Crippen LogP contribution in [0.25, 0.3) is 16.4 Å². The molecule has 0 spiro atoms. The zero-order valence-corrected chi connectivity index (χ0v) is 21.7. The first kappa shape index (κ1) is 24.6. The second-order valence-electron chi connectivity index (χ2n) is 10.2. The summed E-state index contributed by atoms with van der Waals surface area (Å²) in [4.78, 5) is 13.1. The molecule has 3 aromatic carbocycles. The summed E-state index contributed by atoms with van der Waals surface area (Å²) in [5.74, 6) is -0.470. The number of benzene rings is 3. The van der Waals surface area contributed by atoms with Crippen molar-refractivity contribution < 1.29 is 9.18 Å². The van der Waals surface area contributed by atoms with Gasteiger partial charge in [0.25, 0.3) is 0 Å². The molecule has 2 heterocycles. The molecule has 1 amide bonds. The summed E-state index contributed by atoms with van der Waals surface area (Å²) in [6.07, 6.45) is 2.29. The number of carbonyl (C=O) groups excluding carboxylic acids is 1. The molecular weight excluding hydrogens is 461 g/mol. The number of fused-ring (bicyclic) bond motifs is 3. The fraction of sp³-hybridized carbons (Fsp3) is 0.219. The van der Waals surface area contributed by atoms with Crippen LogP contribution in [-0.2, 0) is 11.2 Å². The molecule has 5 aromatic rings. The van der Waals surface area contributed by atoms with Gasteiger partial charge in [0, 0.05) is 23.5 Å². The highest BCUT2D eigenvalue weighted by Crippen LogP contribution is 2.33. The van der Waals surface area contributed by atoms with E-state index in [0.29, 0.717) is 0 Å². The normalized spacial score (nSPS) is 12.3. The van der Waals surface area contributed by atoms with Crippen molar-refractivity contribution in [3.05, 3.63) is 119 Å². The van der Waals surface area contributed by atoms with Crippen LogP contribution < -0.4 is 10.9 Å². The zero-order chi connectivity index (χ0) is 26.1. The first-order chi connectivity index (χ1) is 17.8. The van der Waals surface area contributed by atoms with Gasteiger partial charge in [0.05, 0.1) is 17.1 Å². The Morgan fingerprint density at radius 1 is 0.946 bits per heavy atom. The Morgan fingerprint density at radius 3 is 2.38 bits per heavy atom. The number of hydrogen-bond acceptors (Lipinski definition) is 2. The fourth-order valence-electron chi connectivity index (χ4n) is 5.36. The lowest BCUT2D eigenvalue weighted by atomic mass is 9.87. The molecule has 188 valence electrons. The summed E-state index contributed by atoms with van der Waals surface area (Å²) in [7, 11) is 0. The van der Waals surface area contributed by atoms with Crippen molar-refractivity contribution in [2.45, 2.75) is 40.0 Å². The lowest BCUT2D eigenvalue weighted by molar-refractivity contribution is -0.123. The maximum absolute atomic E-state index is 14.2. The predicted molar refractivity (Wildman–Crippen MR) is 149 cm³/mol. The first-order valence-corrected chi connectivity index (χ1v) is 12.7. The van der Waals surface area contributed by atoms with E-state index in [1.807, 2.05) is 40.8 Å². The van der Waals surface area contributed by atoms with Gasteiger partial charge >= 0.3 is 0 Å². The van der Waals surface area contributed by atoms with E-state index < -0.39 is 0 Å². The minimum atomic E-state index is -0.283. The molecule has 2 aromatic heterocycles. The smallest absolute Gasteiger partial charge is 0.246 e. The number of aromatic nitrogens is 1. The number of hydrogen-bond donors (Lipinski definition) is 2. The van der Waals surface area contributed by atoms with Gasteiger partial charge in [-0.2, -0.15) is 0 Å². The molecule has 0 saturated carbocycles. The molecule has 1 unspecified atom stereocenters. The summed E-state index contributed by atoms with van der Waals surface area (Å²) in [5.41, 5.74) is 14.4. The number of anilines is 1. The summed E-state index contributed by atoms with van der Waals surface area (Å²) in [6, 6.07) is 25.6. The number of halogens is 1. The first-order valence-electron chi connectivity index (χ1n) is 12.7. The molecule has 4 nitrogen and oxygen atoms in total. The van der Waals surface area contributed by atoms with Crippen molar-refractivity contribution in [2.75, 3.05) is 5.43 Å². The van der Waals surface area contributed by atoms with Crippen molar-refractivity contribution in [1.82, 2.24) is 9.83 Å². The van der Waals surface area contributed by atoms with Gasteiger partial charge in [-0.1, -0.05) is 67.9 Å². The van der Waals surface area contributed by atoms with Crippen LogP contribution in [0.5, 0.6) is 0 Å². The predicted octanol–water partition coefficient (Wildman–Crippen LogP) is 7.32. The third-order valence-corrected chi connectivity index (χ3v) is 7.01. The van der Waals surface area contributed by atoms with Crippen LogP contribution in [-0.4, -0.2) is 10.3 Å². The lowest BCUT2D eigenvalue weighted by Gasteiger charge is -2.21. The average molecular weight is 494 g/mol. The molecule has 0 fully saturated rings. The summed E-state index contributed by atoms with van der Waals surface area (Å²) in [6.45, 7) is 8.29. The van der Waals surface area contributed by atoms with Gasteiger partial charge in [0.15, 0.2) is 0 Å². The SMILES string of the molecule is Cc1cc(C)c2c(c1)c(Cc1ccc(C(C(=O)NNc3ccccc3)C(C)C)cc1)c1ccc(F)cn12. The summed E-state index contributed by atoms with van der Waals surface area (Å²) < 4.78 is 16.1. The molecule has 37 heavy (non-hydrogen) atoms. The minimum absolute atomic E-state index is 0.0657. The Morgan fingerprint density at radius 2 is 1.68 bits per heavy atom. The molecular formula is C32H32FN3O. The third-order valence-electron chi connectivity index (χ3n) is 7.01. The number of amides is 1. The van der Waals surface area contributed by atoms with Crippen molar-refractivity contribution in [2.24, 2.45) is 5.92 Å². The molecule has 2 N–H and O–H groups in total. The molecule has 0 radical (unpaired) electrons. The molecule has 0 aliphatic heterocycles. The van der Waals surface area contributed by atoms with Gasteiger partial charge in [-0.15, -0.1) is 0 Å². The highest BCUT2D eigenvalue weighted by Gasteiger charge is 2.24. The van der Waals surface area contributed by atoms with E-state index in [1.54, 1.807) is 6.20 Å². The number of rotatable bonds is 7. The van der Waals surface area contributed by atoms with E-state index >= 15 is 0 Å². The van der Waals surface area contributed by atoms with Crippen LogP contribution in [0.3, 0.4) is 0 Å². The molecule has 1 atom stereocenters. The number of hydrazine groups is 1. The molecule has 0 bridgehead atoms. The molecule has 0 aliphatic rings. The average Bonchev–Trinajstić information content (AvgIpc) is 3.16. The van der Waals surface area contributed by atoms with Crippen LogP contribution in [0.1, 0.15) is 47.6 Å². The van der Waals surface area contributed by atoms with E-state index in [4.69, 9.17) is 0 Å². The van der Waals surface area contributed by atoms with Gasteiger partial charge in [-0.05, 0) is 72.4 Å². The van der Waals surface area contributed by atoms with E-state index in [0.717, 1.165) is 45.2 Å². The number of pyridine rings is 1. The molecule has 5 heteroatoms. The van der Waals surface area contributed by atoms with E-state index in [-0.39, 0.29) is 23.6 Å². The summed E-state index contributed by atoms with van der Waals surface area (Å²) in [5, 5.41) is 1.15. The number of aryl methyl sites for hydroxylation is 2. The van der Waals surface area contributed by atoms with Crippen LogP contribution in [0.15, 0.2) is 85.1 Å². The van der Waals surface area contributed by atoms with Crippen molar-refractivity contribution in [3.8, 4) is 0 Å². The van der Waals surface area contributed by atoms with Gasteiger partial charge in [-0.25, -0.2) is 4.39 Å². The van der Waals surface area contributed by atoms with Gasteiger partial charge < -0.3 is 4.40 Å². The number of nitrogens with zero attached hydrogens (tertiary/aromatic N) is 1. The number of para-hydroxylation sites is 1. The molecule has 0 saturated heterocycles. The molecule has 0 aliphatic carbocycles. The Labute approximate surface area is 217 Å². The van der Waals surface area contributed by atoms with E-state index in [9.17, 15) is 9.18 Å². The number of nitrogens with one attached hydrogen (secondary N) is 2. The second-order valence-corrected chi connectivity index (χ2v) is 10.2. The van der Waals surface area contributed by atoms with E-state index in [2.05, 4.69) is 74.9 Å². The quantitative estimate of drug-likeness (QED) is 0.233. The third kappa shape index (κ3) is 4.94. The van der Waals surface area contributed by atoms with Crippen LogP contribution in [0, 0.1) is 25.6 Å². The molecule has 5 rings (SSSR count). The standard InChI is InChI=1S/C32H32FN3O/c1-20(2)30(32(37)35-34-26-8-6-5-7-9-26)24-12-10-23(11-13-24)18-27-28-17-21(3)16-22(4)31(28)36-19-25(33)14-15-29(27)36/h5-17,19-20,30,34H,18H2,1-4H3,(H,35,37). The van der Waals surface area contributed by atoms with Gasteiger partial charge in [0.1, 0.15) is 5.82 Å². The van der Waals surface area contributed by atoms with Gasteiger partial charge in [0.2, 0.25) is 5.91 Å². The van der Waals surface area contributed by atoms with Crippen molar-refractivity contribution in [3.63, 3.8) is 0 Å². The number of carbonyl (C=O) groups is 1. The minimum Gasteiger partial charge on any atom is -0.313 e. The largest absolute Gasteiger partial charge is 0.313 e. The highest BCUT2D eigenvalue weighted by atomic mass is 19.1. The monoisotopic (exact) mass is 493 g/mol. The highest BCUT2D eigenvalue weighted by molar-refractivity contribution is 5.95. The van der Waals surface area contributed by atoms with Crippen LogP contribution in [0.4, 0.5) is 10.1 Å². The maximum Gasteiger partial charge on any atom is 0.246 e. The Kier molecular flexibility index (Phi) is 6.70. The summed E-state index contributed by atoms with van der Waals surface area (Å²) >= 11 is 0. The fourth-order valence-corrected chi connectivity index (χ4v) is 5.36. The Bertz CT molecular complexity index is 1570. The Balaban J connectivity index is 1.43. The van der Waals surface area contributed by atoms with Crippen molar-refractivity contribution in [1.29, 1.82) is 0 Å². The maximum atomic E-state index is 14.2. The van der Waals surface area contributed by atoms with Crippen LogP contribution in [0.2, 0.25) is 0 Å². The lowest BCUT2D eigenvalue weighted by Crippen LogP contribution is -2.36. The van der Waals surface area contributed by atoms with E-state index in [1.165, 1.54) is 17.2 Å². The Hall–Kier alpha value is -4.12. The van der Waals surface area contributed by atoms with Gasteiger partial charge in [-0.3, -0.25) is 15.6 Å². The topological polar surface area (TPSA) is 45.5 Å².